The van der Waals surface area contributed by atoms with Crippen LogP contribution in [0.5, 0.6) is 0 Å². The van der Waals surface area contributed by atoms with Crippen molar-refractivity contribution in [2.24, 2.45) is 0 Å². The first-order valence-corrected chi connectivity index (χ1v) is 7.23. The summed E-state index contributed by atoms with van der Waals surface area (Å²) in [6.45, 7) is 2.53. The lowest BCUT2D eigenvalue weighted by Gasteiger charge is -2.17. The van der Waals surface area contributed by atoms with Gasteiger partial charge in [0.15, 0.2) is 0 Å². The molecule has 1 aliphatic heterocycles. The maximum Gasteiger partial charge on any atom is 0.335 e. The number of carboxylic acid groups (broad SMARTS) is 1. The van der Waals surface area contributed by atoms with Crippen molar-refractivity contribution in [1.29, 1.82) is 0 Å². The third kappa shape index (κ3) is 2.00. The van der Waals surface area contributed by atoms with Gasteiger partial charge in [0.2, 0.25) is 0 Å². The maximum absolute atomic E-state index is 12.5. The summed E-state index contributed by atoms with van der Waals surface area (Å²) in [7, 11) is 0. The van der Waals surface area contributed by atoms with Crippen molar-refractivity contribution in [3.8, 4) is 0 Å². The molecule has 2 heterocycles. The Balaban J connectivity index is 1.96. The van der Waals surface area contributed by atoms with Crippen LogP contribution in [0.3, 0.4) is 0 Å². The summed E-state index contributed by atoms with van der Waals surface area (Å²) in [5.74, 6) is -0.947. The molecule has 1 amide bonds. The largest absolute Gasteiger partial charge is 0.478 e. The predicted molar refractivity (Wildman–Crippen MR) is 77.8 cm³/mol. The Bertz CT molecular complexity index is 705. The Morgan fingerprint density at radius 1 is 1.30 bits per heavy atom. The second kappa shape index (κ2) is 4.76. The number of aromatic carboxylic acids is 1. The van der Waals surface area contributed by atoms with Crippen LogP contribution in [0.2, 0.25) is 0 Å². The van der Waals surface area contributed by atoms with Gasteiger partial charge in [-0.1, -0.05) is 0 Å². The normalized spacial score (nSPS) is 13.3. The van der Waals surface area contributed by atoms with Gasteiger partial charge in [-0.25, -0.2) is 4.79 Å². The van der Waals surface area contributed by atoms with Gasteiger partial charge in [0.05, 0.1) is 11.1 Å². The molecule has 0 fully saturated rings. The first-order chi connectivity index (χ1) is 9.58. The lowest BCUT2D eigenvalue weighted by Crippen LogP contribution is -2.29. The van der Waals surface area contributed by atoms with E-state index in [1.807, 2.05) is 17.7 Å². The number of rotatable bonds is 2. The topological polar surface area (TPSA) is 57.6 Å². The van der Waals surface area contributed by atoms with E-state index in [1.165, 1.54) is 11.3 Å². The van der Waals surface area contributed by atoms with Crippen LogP contribution in [0.25, 0.3) is 0 Å². The van der Waals surface area contributed by atoms with E-state index < -0.39 is 5.97 Å². The van der Waals surface area contributed by atoms with E-state index in [0.29, 0.717) is 13.0 Å². The second-order valence-corrected chi connectivity index (χ2v) is 5.57. The van der Waals surface area contributed by atoms with E-state index in [0.717, 1.165) is 22.4 Å². The Morgan fingerprint density at radius 2 is 2.10 bits per heavy atom. The van der Waals surface area contributed by atoms with Crippen LogP contribution in [0.1, 0.15) is 31.8 Å². The molecule has 0 bridgehead atoms. The smallest absolute Gasteiger partial charge is 0.335 e. The van der Waals surface area contributed by atoms with Crippen LogP contribution in [-0.2, 0) is 6.42 Å². The minimum absolute atomic E-state index is 0.00873. The van der Waals surface area contributed by atoms with Crippen molar-refractivity contribution < 1.29 is 14.7 Å². The third-order valence-corrected chi connectivity index (χ3v) is 4.41. The van der Waals surface area contributed by atoms with Crippen LogP contribution in [0.15, 0.2) is 29.0 Å². The summed E-state index contributed by atoms with van der Waals surface area (Å²) >= 11 is 1.52. The van der Waals surface area contributed by atoms with E-state index in [-0.39, 0.29) is 11.5 Å². The van der Waals surface area contributed by atoms with Crippen molar-refractivity contribution in [2.75, 3.05) is 11.4 Å². The molecule has 4 nitrogen and oxygen atoms in total. The van der Waals surface area contributed by atoms with Gasteiger partial charge in [0, 0.05) is 17.6 Å². The lowest BCUT2D eigenvalue weighted by atomic mass is 10.1. The van der Waals surface area contributed by atoms with E-state index in [9.17, 15) is 9.59 Å². The average molecular weight is 287 g/mol. The standard InChI is InChI=1S/C15H13NO3S/c1-9-7-20-8-12(9)14(17)16-5-4-10-6-11(15(18)19)2-3-13(10)16/h2-3,6-8H,4-5H2,1H3,(H,18,19). The summed E-state index contributed by atoms with van der Waals surface area (Å²) in [4.78, 5) is 25.2. The molecule has 1 N–H and O–H groups in total. The Labute approximate surface area is 120 Å². The molecule has 1 aromatic carbocycles. The Kier molecular flexibility index (Phi) is 3.06. The van der Waals surface area contributed by atoms with Gasteiger partial charge in [0.1, 0.15) is 0 Å². The fraction of sp³-hybridized carbons (Fsp3) is 0.200. The number of nitrogens with zero attached hydrogens (tertiary/aromatic N) is 1. The zero-order valence-corrected chi connectivity index (χ0v) is 11.7. The molecule has 0 aliphatic carbocycles. The molecule has 2 aromatic rings. The third-order valence-electron chi connectivity index (χ3n) is 3.55. The molecular weight excluding hydrogens is 274 g/mol. The molecule has 1 aliphatic rings. The summed E-state index contributed by atoms with van der Waals surface area (Å²) in [5, 5.41) is 12.8. The van der Waals surface area contributed by atoms with Crippen molar-refractivity contribution in [3.05, 3.63) is 51.2 Å². The molecule has 0 spiro atoms. The number of aryl methyl sites for hydroxylation is 1. The van der Waals surface area contributed by atoms with Gasteiger partial charge in [-0.2, -0.15) is 11.3 Å². The van der Waals surface area contributed by atoms with Crippen LogP contribution < -0.4 is 4.90 Å². The van der Waals surface area contributed by atoms with Crippen molar-refractivity contribution >= 4 is 28.9 Å². The molecule has 3 rings (SSSR count). The number of hydrogen-bond donors (Lipinski definition) is 1. The summed E-state index contributed by atoms with van der Waals surface area (Å²) in [6, 6.07) is 4.93. The molecule has 0 saturated carbocycles. The number of carboxylic acids is 1. The van der Waals surface area contributed by atoms with Crippen molar-refractivity contribution in [1.82, 2.24) is 0 Å². The highest BCUT2D eigenvalue weighted by Gasteiger charge is 2.27. The van der Waals surface area contributed by atoms with E-state index in [4.69, 9.17) is 5.11 Å². The highest BCUT2D eigenvalue weighted by Crippen LogP contribution is 2.31. The minimum atomic E-state index is -0.939. The Hall–Kier alpha value is -2.14. The van der Waals surface area contributed by atoms with Gasteiger partial charge >= 0.3 is 5.97 Å². The molecule has 1 aromatic heterocycles. The number of carbonyl (C=O) groups is 2. The number of thiophene rings is 1. The number of amides is 1. The SMILES string of the molecule is Cc1cscc1C(=O)N1CCc2cc(C(=O)O)ccc21. The van der Waals surface area contributed by atoms with Crippen LogP contribution in [0.4, 0.5) is 5.69 Å². The van der Waals surface area contributed by atoms with E-state index in [2.05, 4.69) is 0 Å². The highest BCUT2D eigenvalue weighted by molar-refractivity contribution is 7.08. The molecule has 5 heteroatoms. The van der Waals surface area contributed by atoms with Crippen LogP contribution >= 0.6 is 11.3 Å². The highest BCUT2D eigenvalue weighted by atomic mass is 32.1. The molecular formula is C15H13NO3S. The minimum Gasteiger partial charge on any atom is -0.478 e. The number of carbonyl (C=O) groups excluding carboxylic acids is 1. The van der Waals surface area contributed by atoms with Crippen molar-refractivity contribution in [2.45, 2.75) is 13.3 Å². The molecule has 0 unspecified atom stereocenters. The fourth-order valence-electron chi connectivity index (χ4n) is 2.47. The first-order valence-electron chi connectivity index (χ1n) is 6.29. The van der Waals surface area contributed by atoms with Gasteiger partial charge < -0.3 is 10.0 Å². The molecule has 102 valence electrons. The molecule has 0 radical (unpaired) electrons. The average Bonchev–Trinajstić information content (AvgIpc) is 3.03. The van der Waals surface area contributed by atoms with Gasteiger partial charge in [-0.05, 0) is 48.1 Å². The number of fused-ring (bicyclic) bond motifs is 1. The molecule has 0 saturated heterocycles. The van der Waals surface area contributed by atoms with Gasteiger partial charge in [-0.15, -0.1) is 0 Å². The number of anilines is 1. The fourth-order valence-corrected chi connectivity index (χ4v) is 3.29. The zero-order chi connectivity index (χ0) is 14.3. The quantitative estimate of drug-likeness (QED) is 0.924. The maximum atomic E-state index is 12.5. The van der Waals surface area contributed by atoms with E-state index in [1.54, 1.807) is 23.1 Å². The monoisotopic (exact) mass is 287 g/mol. The van der Waals surface area contributed by atoms with Crippen molar-refractivity contribution in [3.63, 3.8) is 0 Å². The summed E-state index contributed by atoms with van der Waals surface area (Å²) in [5.41, 5.74) is 3.72. The summed E-state index contributed by atoms with van der Waals surface area (Å²) < 4.78 is 0. The molecule has 20 heavy (non-hydrogen) atoms. The first kappa shape index (κ1) is 12.9. The summed E-state index contributed by atoms with van der Waals surface area (Å²) in [6.07, 6.45) is 0.700. The second-order valence-electron chi connectivity index (χ2n) is 4.82. The van der Waals surface area contributed by atoms with E-state index >= 15 is 0 Å². The van der Waals surface area contributed by atoms with Crippen LogP contribution in [0, 0.1) is 6.92 Å². The predicted octanol–water partition coefficient (Wildman–Crippen LogP) is 2.96. The lowest BCUT2D eigenvalue weighted by molar-refractivity contribution is 0.0696. The van der Waals surface area contributed by atoms with Gasteiger partial charge in [0.25, 0.3) is 5.91 Å². The molecule has 0 atom stereocenters. The number of hydrogen-bond acceptors (Lipinski definition) is 3. The van der Waals surface area contributed by atoms with Gasteiger partial charge in [-0.3, -0.25) is 4.79 Å². The zero-order valence-electron chi connectivity index (χ0n) is 10.9. The van der Waals surface area contributed by atoms with Crippen LogP contribution in [-0.4, -0.2) is 23.5 Å². The Morgan fingerprint density at radius 3 is 2.75 bits per heavy atom. The number of benzene rings is 1.